The molecule has 0 radical (unpaired) electrons. The highest BCUT2D eigenvalue weighted by Gasteiger charge is 2.12. The Morgan fingerprint density at radius 1 is 1.20 bits per heavy atom. The molecule has 0 fully saturated rings. The minimum atomic E-state index is -0.241. The van der Waals surface area contributed by atoms with Gasteiger partial charge in [0.05, 0.1) is 5.56 Å². The molecule has 104 valence electrons. The van der Waals surface area contributed by atoms with Crippen molar-refractivity contribution in [2.24, 2.45) is 0 Å². The summed E-state index contributed by atoms with van der Waals surface area (Å²) < 4.78 is 0. The lowest BCUT2D eigenvalue weighted by molar-refractivity contribution is 0.102. The average molecular weight is 290 g/mol. The first-order valence-electron chi connectivity index (χ1n) is 6.23. The molecular formula is C15H16ClN3O. The Morgan fingerprint density at radius 2 is 1.95 bits per heavy atom. The molecule has 0 saturated heterocycles. The molecule has 0 atom stereocenters. The van der Waals surface area contributed by atoms with Crippen LogP contribution in [-0.4, -0.2) is 17.9 Å². The number of nitrogens with one attached hydrogen (secondary N) is 2. The maximum atomic E-state index is 12.3. The lowest BCUT2D eigenvalue weighted by atomic mass is 10.1. The Bertz CT molecular complexity index is 635. The number of hydrogen-bond donors (Lipinski definition) is 2. The van der Waals surface area contributed by atoms with Crippen LogP contribution in [0.25, 0.3) is 0 Å². The minimum absolute atomic E-state index is 0.241. The van der Waals surface area contributed by atoms with Crippen LogP contribution in [-0.2, 0) is 0 Å². The fourth-order valence-corrected chi connectivity index (χ4v) is 2.18. The third-order valence-corrected chi connectivity index (χ3v) is 3.07. The van der Waals surface area contributed by atoms with E-state index in [4.69, 9.17) is 11.6 Å². The Labute approximate surface area is 123 Å². The van der Waals surface area contributed by atoms with Crippen molar-refractivity contribution in [1.82, 2.24) is 4.98 Å². The van der Waals surface area contributed by atoms with Gasteiger partial charge in [-0.1, -0.05) is 11.6 Å². The quantitative estimate of drug-likeness (QED) is 0.907. The fraction of sp³-hybridized carbons (Fsp3) is 0.200. The van der Waals surface area contributed by atoms with Crippen molar-refractivity contribution in [2.75, 3.05) is 17.7 Å². The van der Waals surface area contributed by atoms with Gasteiger partial charge in [0.15, 0.2) is 0 Å². The fourth-order valence-electron chi connectivity index (χ4n) is 2.01. The number of nitrogens with zero attached hydrogens (tertiary/aromatic N) is 1. The molecule has 0 aliphatic rings. The number of halogens is 1. The van der Waals surface area contributed by atoms with E-state index in [0.717, 1.165) is 16.9 Å². The van der Waals surface area contributed by atoms with Gasteiger partial charge in [-0.05, 0) is 49.7 Å². The number of amides is 1. The van der Waals surface area contributed by atoms with E-state index in [2.05, 4.69) is 15.6 Å². The third kappa shape index (κ3) is 3.27. The van der Waals surface area contributed by atoms with Crippen molar-refractivity contribution in [2.45, 2.75) is 13.8 Å². The number of aryl methyl sites for hydroxylation is 2. The lowest BCUT2D eigenvalue weighted by Crippen LogP contribution is -2.15. The Balaban J connectivity index is 2.30. The van der Waals surface area contributed by atoms with Crippen molar-refractivity contribution in [3.63, 3.8) is 0 Å². The summed E-state index contributed by atoms with van der Waals surface area (Å²) in [6.45, 7) is 3.85. The molecule has 0 aliphatic heterocycles. The van der Waals surface area contributed by atoms with Gasteiger partial charge in [0.25, 0.3) is 5.91 Å². The third-order valence-electron chi connectivity index (χ3n) is 2.83. The van der Waals surface area contributed by atoms with E-state index in [0.29, 0.717) is 16.4 Å². The van der Waals surface area contributed by atoms with Crippen LogP contribution in [0.3, 0.4) is 0 Å². The van der Waals surface area contributed by atoms with Gasteiger partial charge in [-0.2, -0.15) is 0 Å². The minimum Gasteiger partial charge on any atom is -0.387 e. The molecule has 0 bridgehead atoms. The maximum absolute atomic E-state index is 12.3. The highest BCUT2D eigenvalue weighted by molar-refractivity contribution is 6.31. The van der Waals surface area contributed by atoms with Crippen LogP contribution in [0.5, 0.6) is 0 Å². The van der Waals surface area contributed by atoms with Crippen molar-refractivity contribution in [1.29, 1.82) is 0 Å². The van der Waals surface area contributed by atoms with E-state index in [1.54, 1.807) is 25.2 Å². The molecule has 1 heterocycles. The molecule has 20 heavy (non-hydrogen) atoms. The zero-order valence-electron chi connectivity index (χ0n) is 11.6. The van der Waals surface area contributed by atoms with Crippen LogP contribution in [0, 0.1) is 13.8 Å². The highest BCUT2D eigenvalue weighted by atomic mass is 35.5. The summed E-state index contributed by atoms with van der Waals surface area (Å²) in [5.74, 6) is 0.295. The number of hydrogen-bond acceptors (Lipinski definition) is 3. The number of anilines is 2. The number of aromatic nitrogens is 1. The number of rotatable bonds is 3. The first-order valence-corrected chi connectivity index (χ1v) is 6.61. The van der Waals surface area contributed by atoms with Gasteiger partial charge in [0.2, 0.25) is 0 Å². The molecule has 2 aromatic rings. The summed E-state index contributed by atoms with van der Waals surface area (Å²) in [7, 11) is 1.76. The van der Waals surface area contributed by atoms with Crippen LogP contribution >= 0.6 is 11.6 Å². The SMILES string of the molecule is CNc1ccc(Cl)cc1C(=O)Nc1cc(C)cc(C)n1. The second kappa shape index (κ2) is 5.92. The Morgan fingerprint density at radius 3 is 2.60 bits per heavy atom. The number of benzene rings is 1. The summed E-state index contributed by atoms with van der Waals surface area (Å²) in [6, 6.07) is 8.92. The first kappa shape index (κ1) is 14.3. The van der Waals surface area contributed by atoms with E-state index in [-0.39, 0.29) is 5.91 Å². The van der Waals surface area contributed by atoms with Gasteiger partial charge in [0, 0.05) is 23.5 Å². The molecule has 5 heteroatoms. The van der Waals surface area contributed by atoms with Gasteiger partial charge in [-0.25, -0.2) is 4.98 Å². The van der Waals surface area contributed by atoms with Crippen LogP contribution in [0.1, 0.15) is 21.6 Å². The van der Waals surface area contributed by atoms with Crippen LogP contribution in [0.4, 0.5) is 11.5 Å². The highest BCUT2D eigenvalue weighted by Crippen LogP contribution is 2.21. The molecule has 2 rings (SSSR count). The van der Waals surface area contributed by atoms with Crippen molar-refractivity contribution in [3.8, 4) is 0 Å². The zero-order valence-corrected chi connectivity index (χ0v) is 12.4. The summed E-state index contributed by atoms with van der Waals surface area (Å²) in [5, 5.41) is 6.28. The predicted octanol–water partition coefficient (Wildman–Crippen LogP) is 3.65. The number of carbonyl (C=O) groups excluding carboxylic acids is 1. The molecule has 1 aromatic heterocycles. The molecule has 1 aromatic carbocycles. The number of carbonyl (C=O) groups is 1. The molecule has 0 aliphatic carbocycles. The maximum Gasteiger partial charge on any atom is 0.258 e. The van der Waals surface area contributed by atoms with E-state index in [1.807, 2.05) is 26.0 Å². The topological polar surface area (TPSA) is 54.0 Å². The Kier molecular flexibility index (Phi) is 4.25. The van der Waals surface area contributed by atoms with E-state index in [1.165, 1.54) is 0 Å². The molecule has 4 nitrogen and oxygen atoms in total. The summed E-state index contributed by atoms with van der Waals surface area (Å²) in [5.41, 5.74) is 3.12. The standard InChI is InChI=1S/C15H16ClN3O/c1-9-6-10(2)18-14(7-9)19-15(20)12-8-11(16)4-5-13(12)17-3/h4-8,17H,1-3H3,(H,18,19,20). The lowest BCUT2D eigenvalue weighted by Gasteiger charge is -2.10. The molecule has 0 saturated carbocycles. The second-order valence-electron chi connectivity index (χ2n) is 4.57. The van der Waals surface area contributed by atoms with E-state index in [9.17, 15) is 4.79 Å². The van der Waals surface area contributed by atoms with Crippen LogP contribution in [0.2, 0.25) is 5.02 Å². The van der Waals surface area contributed by atoms with E-state index < -0.39 is 0 Å². The van der Waals surface area contributed by atoms with Crippen molar-refractivity contribution >= 4 is 29.0 Å². The van der Waals surface area contributed by atoms with Gasteiger partial charge < -0.3 is 10.6 Å². The Hall–Kier alpha value is -2.07. The molecule has 1 amide bonds. The summed E-state index contributed by atoms with van der Waals surface area (Å²) >= 11 is 5.95. The zero-order chi connectivity index (χ0) is 14.7. The number of pyridine rings is 1. The second-order valence-corrected chi connectivity index (χ2v) is 5.00. The monoisotopic (exact) mass is 289 g/mol. The smallest absolute Gasteiger partial charge is 0.258 e. The molecule has 0 unspecified atom stereocenters. The van der Waals surface area contributed by atoms with Crippen LogP contribution in [0.15, 0.2) is 30.3 Å². The predicted molar refractivity (Wildman–Crippen MR) is 82.7 cm³/mol. The van der Waals surface area contributed by atoms with Gasteiger partial charge in [0.1, 0.15) is 5.82 Å². The first-order chi connectivity index (χ1) is 9.49. The molecular weight excluding hydrogens is 274 g/mol. The molecule has 0 spiro atoms. The molecule has 2 N–H and O–H groups in total. The van der Waals surface area contributed by atoms with Crippen LogP contribution < -0.4 is 10.6 Å². The normalized spacial score (nSPS) is 10.2. The van der Waals surface area contributed by atoms with Crippen molar-refractivity contribution < 1.29 is 4.79 Å². The summed E-state index contributed by atoms with van der Waals surface area (Å²) in [4.78, 5) is 16.6. The summed E-state index contributed by atoms with van der Waals surface area (Å²) in [6.07, 6.45) is 0. The van der Waals surface area contributed by atoms with Gasteiger partial charge in [-0.15, -0.1) is 0 Å². The average Bonchev–Trinajstić information content (AvgIpc) is 2.37. The largest absolute Gasteiger partial charge is 0.387 e. The van der Waals surface area contributed by atoms with Crippen molar-refractivity contribution in [3.05, 3.63) is 52.2 Å². The van der Waals surface area contributed by atoms with E-state index >= 15 is 0 Å². The van der Waals surface area contributed by atoms with Gasteiger partial charge in [-0.3, -0.25) is 4.79 Å². The van der Waals surface area contributed by atoms with Gasteiger partial charge >= 0.3 is 0 Å².